The van der Waals surface area contributed by atoms with Gasteiger partial charge in [-0.15, -0.1) is 0 Å². The van der Waals surface area contributed by atoms with Gasteiger partial charge < -0.3 is 0 Å². The summed E-state index contributed by atoms with van der Waals surface area (Å²) in [5.41, 5.74) is 2.32. The van der Waals surface area contributed by atoms with Gasteiger partial charge in [-0.3, -0.25) is 4.79 Å². The molecule has 1 aliphatic rings. The smallest absolute Gasteiger partial charge is 0.173 e. The van der Waals surface area contributed by atoms with Crippen molar-refractivity contribution >= 4 is 17.4 Å². The van der Waals surface area contributed by atoms with E-state index in [1.54, 1.807) is 6.07 Å². The predicted molar refractivity (Wildman–Crippen MR) is 62.4 cm³/mol. The zero-order chi connectivity index (χ0) is 11.2. The maximum absolute atomic E-state index is 12.2. The zero-order valence-corrected chi connectivity index (χ0v) is 9.69. The van der Waals surface area contributed by atoms with Crippen molar-refractivity contribution in [3.8, 4) is 0 Å². The van der Waals surface area contributed by atoms with Crippen molar-refractivity contribution in [2.45, 2.75) is 20.3 Å². The fourth-order valence-corrected chi connectivity index (χ4v) is 2.23. The second-order valence-corrected chi connectivity index (χ2v) is 4.86. The van der Waals surface area contributed by atoms with Gasteiger partial charge in [0, 0.05) is 10.6 Å². The minimum Gasteiger partial charge on any atom is -0.293 e. The summed E-state index contributed by atoms with van der Waals surface area (Å²) < 4.78 is 0. The maximum Gasteiger partial charge on any atom is 0.173 e. The molecule has 0 amide bonds. The molecule has 0 spiro atoms. The maximum atomic E-state index is 12.2. The Morgan fingerprint density at radius 3 is 2.80 bits per heavy atom. The number of benzene rings is 1. The molecule has 2 rings (SSSR count). The molecule has 78 valence electrons. The Labute approximate surface area is 94.8 Å². The molecule has 0 bridgehead atoms. The first-order chi connectivity index (χ1) is 6.95. The number of carbonyl (C=O) groups excluding carboxylic acids is 1. The van der Waals surface area contributed by atoms with Gasteiger partial charge in [-0.05, 0) is 44.0 Å². The Morgan fingerprint density at radius 1 is 1.53 bits per heavy atom. The summed E-state index contributed by atoms with van der Waals surface area (Å²) in [5.74, 6) is 0.168. The van der Waals surface area contributed by atoms with Crippen molar-refractivity contribution in [3.63, 3.8) is 0 Å². The van der Waals surface area contributed by atoms with Gasteiger partial charge in [-0.25, -0.2) is 0 Å². The van der Waals surface area contributed by atoms with Gasteiger partial charge in [-0.1, -0.05) is 23.8 Å². The van der Waals surface area contributed by atoms with E-state index in [4.69, 9.17) is 11.6 Å². The molecule has 1 aliphatic carbocycles. The predicted octanol–water partition coefficient (Wildman–Crippen LogP) is 3.66. The number of Topliss-reactive ketones (excluding diaryl/α,β-unsaturated/α-hetero) is 1. The summed E-state index contributed by atoms with van der Waals surface area (Å²) >= 11 is 5.91. The average Bonchev–Trinajstić information content (AvgIpc) is 2.40. The van der Waals surface area contributed by atoms with E-state index in [0.717, 1.165) is 23.1 Å². The number of halogens is 1. The summed E-state index contributed by atoms with van der Waals surface area (Å²) in [6.07, 6.45) is 0.719. The standard InChI is InChI=1S/C13H13ClO/c1-8(2)13(3)7-9-6-10(14)4-5-11(9)12(13)15/h4-6H,1,7H2,2-3H3/t13-/m0/s1. The Morgan fingerprint density at radius 2 is 2.20 bits per heavy atom. The van der Waals surface area contributed by atoms with Crippen LogP contribution in [-0.4, -0.2) is 5.78 Å². The van der Waals surface area contributed by atoms with Gasteiger partial charge in [0.15, 0.2) is 5.78 Å². The zero-order valence-electron chi connectivity index (χ0n) is 8.93. The second kappa shape index (κ2) is 3.21. The quantitative estimate of drug-likeness (QED) is 0.661. The molecule has 1 aromatic rings. The van der Waals surface area contributed by atoms with E-state index in [-0.39, 0.29) is 5.78 Å². The highest BCUT2D eigenvalue weighted by molar-refractivity contribution is 6.30. The van der Waals surface area contributed by atoms with Crippen molar-refractivity contribution in [2.75, 3.05) is 0 Å². The first-order valence-corrected chi connectivity index (χ1v) is 5.32. The normalized spacial score (nSPS) is 24.1. The SMILES string of the molecule is C=C(C)[C@]1(C)Cc2cc(Cl)ccc2C1=O. The lowest BCUT2D eigenvalue weighted by Crippen LogP contribution is -2.24. The number of allylic oxidation sites excluding steroid dienone is 1. The lowest BCUT2D eigenvalue weighted by Gasteiger charge is -2.21. The van der Waals surface area contributed by atoms with E-state index in [2.05, 4.69) is 6.58 Å². The number of ketones is 1. The van der Waals surface area contributed by atoms with E-state index < -0.39 is 5.41 Å². The molecule has 0 aromatic heterocycles. The third-order valence-corrected chi connectivity index (χ3v) is 3.53. The second-order valence-electron chi connectivity index (χ2n) is 4.42. The number of rotatable bonds is 1. The van der Waals surface area contributed by atoms with Gasteiger partial charge in [0.1, 0.15) is 0 Å². The van der Waals surface area contributed by atoms with Crippen LogP contribution in [0.4, 0.5) is 0 Å². The molecule has 0 fully saturated rings. The first kappa shape index (κ1) is 10.4. The molecule has 0 aliphatic heterocycles. The summed E-state index contributed by atoms with van der Waals surface area (Å²) in [6.45, 7) is 7.77. The molecule has 0 saturated carbocycles. The summed E-state index contributed by atoms with van der Waals surface area (Å²) in [7, 11) is 0. The van der Waals surface area contributed by atoms with Crippen LogP contribution >= 0.6 is 11.6 Å². The Kier molecular flexibility index (Phi) is 2.23. The topological polar surface area (TPSA) is 17.1 Å². The molecule has 0 unspecified atom stereocenters. The highest BCUT2D eigenvalue weighted by atomic mass is 35.5. The lowest BCUT2D eigenvalue weighted by molar-refractivity contribution is 0.0881. The van der Waals surface area contributed by atoms with Crippen LogP contribution < -0.4 is 0 Å². The number of carbonyl (C=O) groups is 1. The minimum absolute atomic E-state index is 0.168. The third kappa shape index (κ3) is 1.42. The Bertz CT molecular complexity index is 462. The highest BCUT2D eigenvalue weighted by Gasteiger charge is 2.41. The number of hydrogen-bond donors (Lipinski definition) is 0. The highest BCUT2D eigenvalue weighted by Crippen LogP contribution is 2.41. The van der Waals surface area contributed by atoms with Crippen molar-refractivity contribution in [1.82, 2.24) is 0 Å². The Hall–Kier alpha value is -1.08. The molecule has 15 heavy (non-hydrogen) atoms. The minimum atomic E-state index is -0.437. The van der Waals surface area contributed by atoms with Gasteiger partial charge in [-0.2, -0.15) is 0 Å². The van der Waals surface area contributed by atoms with Crippen molar-refractivity contribution in [3.05, 3.63) is 46.5 Å². The van der Waals surface area contributed by atoms with Crippen LogP contribution in [0.2, 0.25) is 5.02 Å². The summed E-state index contributed by atoms with van der Waals surface area (Å²) in [4.78, 5) is 12.2. The molecule has 1 nitrogen and oxygen atoms in total. The van der Waals surface area contributed by atoms with E-state index >= 15 is 0 Å². The molecule has 0 radical (unpaired) electrons. The van der Waals surface area contributed by atoms with Gasteiger partial charge in [0.2, 0.25) is 0 Å². The third-order valence-electron chi connectivity index (χ3n) is 3.30. The largest absolute Gasteiger partial charge is 0.293 e. The van der Waals surface area contributed by atoms with Crippen molar-refractivity contribution in [1.29, 1.82) is 0 Å². The van der Waals surface area contributed by atoms with Crippen LogP contribution in [0.25, 0.3) is 0 Å². The van der Waals surface area contributed by atoms with E-state index in [1.807, 2.05) is 26.0 Å². The first-order valence-electron chi connectivity index (χ1n) is 4.94. The number of fused-ring (bicyclic) bond motifs is 1. The van der Waals surface area contributed by atoms with E-state index in [1.165, 1.54) is 0 Å². The fourth-order valence-electron chi connectivity index (χ4n) is 2.03. The summed E-state index contributed by atoms with van der Waals surface area (Å²) in [6, 6.07) is 5.46. The molecule has 1 atom stereocenters. The lowest BCUT2D eigenvalue weighted by atomic mass is 9.80. The van der Waals surface area contributed by atoms with Crippen LogP contribution in [0.5, 0.6) is 0 Å². The van der Waals surface area contributed by atoms with Gasteiger partial charge in [0.05, 0.1) is 5.41 Å². The number of hydrogen-bond acceptors (Lipinski definition) is 1. The van der Waals surface area contributed by atoms with Crippen molar-refractivity contribution < 1.29 is 4.79 Å². The Balaban J connectivity index is 2.55. The molecule has 0 heterocycles. The van der Waals surface area contributed by atoms with Crippen LogP contribution in [0.3, 0.4) is 0 Å². The molecule has 1 aromatic carbocycles. The average molecular weight is 221 g/mol. The molecule has 0 saturated heterocycles. The van der Waals surface area contributed by atoms with Gasteiger partial charge >= 0.3 is 0 Å². The van der Waals surface area contributed by atoms with Crippen molar-refractivity contribution in [2.24, 2.45) is 5.41 Å². The molecule has 0 N–H and O–H groups in total. The van der Waals surface area contributed by atoms with Crippen LogP contribution in [0.1, 0.15) is 29.8 Å². The fraction of sp³-hybridized carbons (Fsp3) is 0.308. The van der Waals surface area contributed by atoms with Crippen LogP contribution in [-0.2, 0) is 6.42 Å². The monoisotopic (exact) mass is 220 g/mol. The van der Waals surface area contributed by atoms with E-state index in [9.17, 15) is 4.79 Å². The van der Waals surface area contributed by atoms with E-state index in [0.29, 0.717) is 5.02 Å². The molecule has 2 heteroatoms. The van der Waals surface area contributed by atoms with Crippen LogP contribution in [0.15, 0.2) is 30.4 Å². The molecular formula is C13H13ClO. The van der Waals surface area contributed by atoms with Crippen LogP contribution in [0, 0.1) is 5.41 Å². The summed E-state index contributed by atoms with van der Waals surface area (Å²) in [5, 5.41) is 0.688. The molecular weight excluding hydrogens is 208 g/mol. The van der Waals surface area contributed by atoms with Gasteiger partial charge in [0.25, 0.3) is 0 Å².